The van der Waals surface area contributed by atoms with Gasteiger partial charge in [0, 0.05) is 25.2 Å². The number of ether oxygens (including phenoxy) is 1. The number of carbonyl (C=O) groups is 1. The largest absolute Gasteiger partial charge is 0.619 e. The number of carbonyl (C=O) groups excluding carboxylic acids is 1. The molecule has 0 radical (unpaired) electrons. The molecule has 138 valence electrons. The molecule has 2 aromatic rings. The van der Waals surface area contributed by atoms with Gasteiger partial charge in [-0.05, 0) is 18.2 Å². The molecule has 26 heavy (non-hydrogen) atoms. The predicted molar refractivity (Wildman–Crippen MR) is 87.8 cm³/mol. The third kappa shape index (κ3) is 4.05. The fourth-order valence-corrected chi connectivity index (χ4v) is 2.65. The fourth-order valence-electron chi connectivity index (χ4n) is 2.65. The average molecular weight is 367 g/mol. The Morgan fingerprint density at radius 1 is 1.15 bits per heavy atom. The van der Waals surface area contributed by atoms with Crippen LogP contribution in [0.5, 0.6) is 0 Å². The van der Waals surface area contributed by atoms with Crippen molar-refractivity contribution in [2.75, 3.05) is 36.5 Å². The quantitative estimate of drug-likeness (QED) is 0.668. The maximum absolute atomic E-state index is 13.1. The first-order valence-corrected chi connectivity index (χ1v) is 7.89. The summed E-state index contributed by atoms with van der Waals surface area (Å²) in [6.07, 6.45) is -2.24. The van der Waals surface area contributed by atoms with Crippen molar-refractivity contribution in [1.82, 2.24) is 0 Å². The molecule has 1 amide bonds. The minimum Gasteiger partial charge on any atom is -0.619 e. The Morgan fingerprint density at radius 3 is 2.42 bits per heavy atom. The number of hydrogen-bond donors (Lipinski definition) is 1. The molecule has 1 N–H and O–H groups in total. The highest BCUT2D eigenvalue weighted by atomic mass is 19.4. The second-order valence-electron chi connectivity index (χ2n) is 5.73. The molecule has 2 heterocycles. The van der Waals surface area contributed by atoms with Gasteiger partial charge in [-0.25, -0.2) is 0 Å². The van der Waals surface area contributed by atoms with Crippen molar-refractivity contribution in [1.29, 1.82) is 0 Å². The summed E-state index contributed by atoms with van der Waals surface area (Å²) in [5.74, 6) is -0.598. The van der Waals surface area contributed by atoms with E-state index in [2.05, 4.69) is 5.32 Å². The van der Waals surface area contributed by atoms with Crippen LogP contribution in [0.15, 0.2) is 42.7 Å². The van der Waals surface area contributed by atoms with Crippen molar-refractivity contribution in [2.45, 2.75) is 6.18 Å². The van der Waals surface area contributed by atoms with Gasteiger partial charge < -0.3 is 20.2 Å². The van der Waals surface area contributed by atoms with Gasteiger partial charge in [0.25, 0.3) is 5.91 Å². The van der Waals surface area contributed by atoms with Crippen LogP contribution in [0.4, 0.5) is 24.5 Å². The Balaban J connectivity index is 1.93. The van der Waals surface area contributed by atoms with Gasteiger partial charge in [0.15, 0.2) is 12.4 Å². The normalized spacial score (nSPS) is 15.0. The van der Waals surface area contributed by atoms with E-state index >= 15 is 0 Å². The Morgan fingerprint density at radius 2 is 1.81 bits per heavy atom. The van der Waals surface area contributed by atoms with Crippen LogP contribution < -0.4 is 14.9 Å². The van der Waals surface area contributed by atoms with Crippen LogP contribution in [0, 0.1) is 5.21 Å². The van der Waals surface area contributed by atoms with Crippen molar-refractivity contribution in [2.24, 2.45) is 0 Å². The van der Waals surface area contributed by atoms with E-state index in [1.54, 1.807) is 0 Å². The van der Waals surface area contributed by atoms with Crippen molar-refractivity contribution < 1.29 is 27.4 Å². The Labute approximate surface area is 147 Å². The molecular formula is C17H16F3N3O3. The number of pyridine rings is 1. The number of alkyl halides is 3. The number of rotatable bonds is 3. The Hall–Kier alpha value is -2.81. The highest BCUT2D eigenvalue weighted by molar-refractivity contribution is 6.05. The summed E-state index contributed by atoms with van der Waals surface area (Å²) < 4.78 is 45.0. The van der Waals surface area contributed by atoms with Gasteiger partial charge in [0.05, 0.1) is 35.7 Å². The topological polar surface area (TPSA) is 68.5 Å². The maximum Gasteiger partial charge on any atom is 0.416 e. The zero-order valence-electron chi connectivity index (χ0n) is 13.6. The van der Waals surface area contributed by atoms with E-state index in [-0.39, 0.29) is 11.3 Å². The molecule has 1 aromatic carbocycles. The zero-order valence-corrected chi connectivity index (χ0v) is 13.6. The van der Waals surface area contributed by atoms with Crippen LogP contribution in [-0.2, 0) is 10.9 Å². The number of nitrogens with zero attached hydrogens (tertiary/aromatic N) is 2. The third-order valence-electron chi connectivity index (χ3n) is 3.99. The molecule has 6 nitrogen and oxygen atoms in total. The minimum absolute atomic E-state index is 0.0607. The second-order valence-corrected chi connectivity index (χ2v) is 5.73. The van der Waals surface area contributed by atoms with Gasteiger partial charge in [0.1, 0.15) is 0 Å². The Bertz CT molecular complexity index is 788. The number of amides is 1. The highest BCUT2D eigenvalue weighted by Gasteiger charge is 2.32. The molecule has 3 rings (SSSR count). The summed E-state index contributed by atoms with van der Waals surface area (Å²) in [7, 11) is 0. The molecule has 0 bridgehead atoms. The first kappa shape index (κ1) is 18.0. The van der Waals surface area contributed by atoms with Crippen molar-refractivity contribution in [3.63, 3.8) is 0 Å². The minimum atomic E-state index is -4.52. The van der Waals surface area contributed by atoms with Crippen molar-refractivity contribution in [3.05, 3.63) is 59.1 Å². The van der Waals surface area contributed by atoms with E-state index in [0.29, 0.717) is 36.7 Å². The van der Waals surface area contributed by atoms with Crippen LogP contribution in [0.1, 0.15) is 15.9 Å². The average Bonchev–Trinajstić information content (AvgIpc) is 2.62. The highest BCUT2D eigenvalue weighted by Crippen LogP contribution is 2.36. The number of benzene rings is 1. The standard InChI is InChI=1S/C17H16F3N3O3/c18-17(19,20)13-1-2-15(22-7-9-26-10-8-22)14(11-13)21-16(24)12-3-5-23(25)6-4-12/h1-6,11H,7-10H2,(H,21,24). The van der Waals surface area contributed by atoms with E-state index in [1.165, 1.54) is 18.2 Å². The molecule has 0 saturated carbocycles. The predicted octanol–water partition coefficient (Wildman–Crippen LogP) is 2.43. The Kier molecular flexibility index (Phi) is 4.99. The van der Waals surface area contributed by atoms with Crippen LogP contribution in [0.3, 0.4) is 0 Å². The van der Waals surface area contributed by atoms with Gasteiger partial charge in [-0.15, -0.1) is 0 Å². The van der Waals surface area contributed by atoms with Gasteiger partial charge in [-0.2, -0.15) is 17.9 Å². The summed E-state index contributed by atoms with van der Waals surface area (Å²) in [6.45, 7) is 1.93. The van der Waals surface area contributed by atoms with Gasteiger partial charge in [-0.1, -0.05) is 0 Å². The number of hydrogen-bond acceptors (Lipinski definition) is 4. The number of anilines is 2. The number of morpholine rings is 1. The van der Waals surface area contributed by atoms with Crippen LogP contribution in [0.25, 0.3) is 0 Å². The summed E-state index contributed by atoms with van der Waals surface area (Å²) in [5, 5.41) is 13.6. The molecule has 0 spiro atoms. The lowest BCUT2D eigenvalue weighted by atomic mass is 10.1. The lowest BCUT2D eigenvalue weighted by Gasteiger charge is -2.31. The molecule has 0 atom stereocenters. The molecule has 0 unspecified atom stereocenters. The first-order valence-electron chi connectivity index (χ1n) is 7.89. The van der Waals surface area contributed by atoms with Gasteiger partial charge >= 0.3 is 6.18 Å². The molecule has 0 aliphatic carbocycles. The first-order chi connectivity index (χ1) is 12.3. The maximum atomic E-state index is 13.1. The third-order valence-corrected chi connectivity index (χ3v) is 3.99. The summed E-state index contributed by atoms with van der Waals surface area (Å²) in [6, 6.07) is 5.85. The number of aromatic nitrogens is 1. The molecule has 1 aliphatic heterocycles. The molecule has 9 heteroatoms. The van der Waals surface area contributed by atoms with Crippen LogP contribution in [-0.4, -0.2) is 32.2 Å². The summed E-state index contributed by atoms with van der Waals surface area (Å²) in [5.41, 5.74) is -0.132. The lowest BCUT2D eigenvalue weighted by Crippen LogP contribution is -2.37. The molecule has 1 fully saturated rings. The second kappa shape index (κ2) is 7.20. The fraction of sp³-hybridized carbons (Fsp3) is 0.294. The van der Waals surface area contributed by atoms with E-state index in [0.717, 1.165) is 24.5 Å². The lowest BCUT2D eigenvalue weighted by molar-refractivity contribution is -0.605. The zero-order chi connectivity index (χ0) is 18.7. The smallest absolute Gasteiger partial charge is 0.416 e. The molecule has 1 saturated heterocycles. The molecular weight excluding hydrogens is 351 g/mol. The summed E-state index contributed by atoms with van der Waals surface area (Å²) in [4.78, 5) is 14.2. The number of halogens is 3. The van der Waals surface area contributed by atoms with E-state index in [4.69, 9.17) is 4.74 Å². The van der Waals surface area contributed by atoms with Crippen molar-refractivity contribution >= 4 is 17.3 Å². The molecule has 1 aromatic heterocycles. The SMILES string of the molecule is O=C(Nc1cc(C(F)(F)F)ccc1N1CCOCC1)c1cc[n+]([O-])cc1. The monoisotopic (exact) mass is 367 g/mol. The van der Waals surface area contributed by atoms with Crippen LogP contribution in [0.2, 0.25) is 0 Å². The van der Waals surface area contributed by atoms with E-state index in [1.807, 2.05) is 4.90 Å². The van der Waals surface area contributed by atoms with Gasteiger partial charge in [-0.3, -0.25) is 4.79 Å². The van der Waals surface area contributed by atoms with Crippen molar-refractivity contribution in [3.8, 4) is 0 Å². The van der Waals surface area contributed by atoms with E-state index in [9.17, 15) is 23.2 Å². The van der Waals surface area contributed by atoms with E-state index < -0.39 is 17.6 Å². The number of nitrogens with one attached hydrogen (secondary N) is 1. The molecule has 1 aliphatic rings. The summed E-state index contributed by atoms with van der Waals surface area (Å²) >= 11 is 0. The van der Waals surface area contributed by atoms with Gasteiger partial charge in [0.2, 0.25) is 0 Å². The van der Waals surface area contributed by atoms with Crippen LogP contribution >= 0.6 is 0 Å².